The summed E-state index contributed by atoms with van der Waals surface area (Å²) in [4.78, 5) is 3.94. The van der Waals surface area contributed by atoms with E-state index < -0.39 is 9.84 Å². The molecule has 0 atom stereocenters. The van der Waals surface area contributed by atoms with E-state index in [-0.39, 0.29) is 10.8 Å². The molecular formula is C11H10N2O3S. The number of nitrogens with zero attached hydrogens (tertiary/aromatic N) is 1. The van der Waals surface area contributed by atoms with Crippen molar-refractivity contribution in [2.24, 2.45) is 0 Å². The molecule has 0 amide bonds. The standard InChI is InChI=1S/C11H10N2O3S/c14-17(15)7-8-3-5-12-6-10(8)16-9-2-1-4-13-11(9)17/h1-3,5-6,13H,4,7H2. The summed E-state index contributed by atoms with van der Waals surface area (Å²) in [6, 6.07) is 1.66. The van der Waals surface area contributed by atoms with Crippen LogP contribution in [0.3, 0.4) is 0 Å². The molecule has 5 nitrogen and oxygen atoms in total. The lowest BCUT2D eigenvalue weighted by Gasteiger charge is -2.14. The Morgan fingerprint density at radius 2 is 2.29 bits per heavy atom. The van der Waals surface area contributed by atoms with Crippen molar-refractivity contribution < 1.29 is 13.2 Å². The first kappa shape index (κ1) is 10.3. The Bertz CT molecular complexity index is 632. The molecule has 3 rings (SSSR count). The monoisotopic (exact) mass is 250 g/mol. The third-order valence-electron chi connectivity index (χ3n) is 2.62. The highest BCUT2D eigenvalue weighted by Gasteiger charge is 2.29. The van der Waals surface area contributed by atoms with E-state index in [1.165, 1.54) is 6.20 Å². The van der Waals surface area contributed by atoms with Crippen molar-refractivity contribution in [3.05, 3.63) is 47.0 Å². The lowest BCUT2D eigenvalue weighted by molar-refractivity contribution is 0.431. The Kier molecular flexibility index (Phi) is 2.19. The SMILES string of the molecule is O=S1(=O)Cc2ccncc2OC2=C1NCC=C2. The maximum Gasteiger partial charge on any atom is 0.201 e. The summed E-state index contributed by atoms with van der Waals surface area (Å²) >= 11 is 0. The molecule has 0 bridgehead atoms. The second-order valence-electron chi connectivity index (χ2n) is 3.82. The van der Waals surface area contributed by atoms with Crippen LogP contribution in [-0.4, -0.2) is 19.9 Å². The molecule has 1 N–H and O–H groups in total. The number of aromatic nitrogens is 1. The van der Waals surface area contributed by atoms with Crippen LogP contribution in [0.1, 0.15) is 5.56 Å². The van der Waals surface area contributed by atoms with E-state index in [4.69, 9.17) is 4.74 Å². The minimum Gasteiger partial charge on any atom is -0.452 e. The number of hydrogen-bond donors (Lipinski definition) is 1. The largest absolute Gasteiger partial charge is 0.452 e. The van der Waals surface area contributed by atoms with Crippen molar-refractivity contribution in [2.45, 2.75) is 5.75 Å². The van der Waals surface area contributed by atoms with Gasteiger partial charge in [-0.05, 0) is 12.1 Å². The molecule has 6 heteroatoms. The quantitative estimate of drug-likeness (QED) is 0.734. The third kappa shape index (κ3) is 1.70. The summed E-state index contributed by atoms with van der Waals surface area (Å²) in [6.45, 7) is 0.496. The number of sulfone groups is 1. The van der Waals surface area contributed by atoms with Gasteiger partial charge in [0.2, 0.25) is 9.84 Å². The third-order valence-corrected chi connectivity index (χ3v) is 4.28. The number of fused-ring (bicyclic) bond motifs is 1. The molecule has 0 fully saturated rings. The molecule has 2 aliphatic heterocycles. The summed E-state index contributed by atoms with van der Waals surface area (Å²) in [6.07, 6.45) is 6.58. The molecule has 1 aromatic heterocycles. The lowest BCUT2D eigenvalue weighted by atomic mass is 10.3. The van der Waals surface area contributed by atoms with Crippen molar-refractivity contribution in [3.63, 3.8) is 0 Å². The van der Waals surface area contributed by atoms with Crippen LogP contribution in [0.4, 0.5) is 0 Å². The minimum atomic E-state index is -3.37. The molecule has 0 aliphatic carbocycles. The molecule has 0 aromatic carbocycles. The van der Waals surface area contributed by atoms with Crippen LogP contribution in [-0.2, 0) is 15.6 Å². The van der Waals surface area contributed by atoms with Gasteiger partial charge in [0.1, 0.15) is 5.75 Å². The number of allylic oxidation sites excluding steroid dienone is 1. The Morgan fingerprint density at radius 3 is 3.18 bits per heavy atom. The predicted molar refractivity (Wildman–Crippen MR) is 61.7 cm³/mol. The van der Waals surface area contributed by atoms with E-state index in [1.807, 2.05) is 6.08 Å². The summed E-state index contributed by atoms with van der Waals surface area (Å²) < 4.78 is 29.9. The predicted octanol–water partition coefficient (Wildman–Crippen LogP) is 0.717. The molecule has 0 saturated heterocycles. The Balaban J connectivity index is 2.20. The van der Waals surface area contributed by atoms with E-state index in [0.29, 0.717) is 23.6 Å². The first-order chi connectivity index (χ1) is 8.17. The van der Waals surface area contributed by atoms with Crippen molar-refractivity contribution >= 4 is 9.84 Å². The van der Waals surface area contributed by atoms with Crippen LogP contribution < -0.4 is 10.1 Å². The number of pyridine rings is 1. The number of rotatable bonds is 0. The van der Waals surface area contributed by atoms with E-state index in [1.54, 1.807) is 18.3 Å². The molecule has 2 aliphatic rings. The topological polar surface area (TPSA) is 68.3 Å². The number of hydrogen-bond acceptors (Lipinski definition) is 5. The van der Waals surface area contributed by atoms with Gasteiger partial charge in [-0.2, -0.15) is 0 Å². The fourth-order valence-electron chi connectivity index (χ4n) is 1.84. The molecular weight excluding hydrogens is 240 g/mol. The van der Waals surface area contributed by atoms with Crippen molar-refractivity contribution in [1.82, 2.24) is 10.3 Å². The van der Waals surface area contributed by atoms with Gasteiger partial charge in [-0.3, -0.25) is 4.98 Å². The van der Waals surface area contributed by atoms with Gasteiger partial charge in [-0.15, -0.1) is 0 Å². The molecule has 0 spiro atoms. The van der Waals surface area contributed by atoms with E-state index >= 15 is 0 Å². The van der Waals surface area contributed by atoms with E-state index in [9.17, 15) is 8.42 Å². The maximum atomic E-state index is 12.1. The number of dihydropyridines is 1. The van der Waals surface area contributed by atoms with Crippen LogP contribution >= 0.6 is 0 Å². The van der Waals surface area contributed by atoms with Gasteiger partial charge in [0.15, 0.2) is 10.8 Å². The highest BCUT2D eigenvalue weighted by atomic mass is 32.2. The molecule has 88 valence electrons. The van der Waals surface area contributed by atoms with Crippen LogP contribution in [0.5, 0.6) is 5.75 Å². The Labute approximate surface area is 98.7 Å². The van der Waals surface area contributed by atoms with Crippen LogP contribution in [0.25, 0.3) is 0 Å². The Morgan fingerprint density at radius 1 is 1.41 bits per heavy atom. The lowest BCUT2D eigenvalue weighted by Crippen LogP contribution is -2.26. The second kappa shape index (κ2) is 3.59. The smallest absolute Gasteiger partial charge is 0.201 e. The van der Waals surface area contributed by atoms with Crippen LogP contribution in [0.2, 0.25) is 0 Å². The first-order valence-electron chi connectivity index (χ1n) is 5.15. The molecule has 0 radical (unpaired) electrons. The maximum absolute atomic E-state index is 12.1. The zero-order valence-corrected chi connectivity index (χ0v) is 9.70. The van der Waals surface area contributed by atoms with Gasteiger partial charge in [-0.25, -0.2) is 8.42 Å². The van der Waals surface area contributed by atoms with E-state index in [0.717, 1.165) is 0 Å². The average molecular weight is 250 g/mol. The highest BCUT2D eigenvalue weighted by molar-refractivity contribution is 7.94. The fourth-order valence-corrected chi connectivity index (χ4v) is 3.35. The fraction of sp³-hybridized carbons (Fsp3) is 0.182. The number of ether oxygens (including phenoxy) is 1. The molecule has 3 heterocycles. The second-order valence-corrected chi connectivity index (χ2v) is 5.75. The van der Waals surface area contributed by atoms with Gasteiger partial charge in [0, 0.05) is 18.3 Å². The number of nitrogens with one attached hydrogen (secondary N) is 1. The summed E-state index contributed by atoms with van der Waals surface area (Å²) in [5.41, 5.74) is 0.629. The molecule has 1 aromatic rings. The van der Waals surface area contributed by atoms with Gasteiger partial charge in [0.25, 0.3) is 0 Å². The van der Waals surface area contributed by atoms with Crippen molar-refractivity contribution in [2.75, 3.05) is 6.54 Å². The van der Waals surface area contributed by atoms with Crippen LogP contribution in [0.15, 0.2) is 41.4 Å². The zero-order chi connectivity index (χ0) is 11.9. The molecule has 17 heavy (non-hydrogen) atoms. The van der Waals surface area contributed by atoms with Gasteiger partial charge in [0.05, 0.1) is 11.9 Å². The van der Waals surface area contributed by atoms with Crippen molar-refractivity contribution in [3.8, 4) is 5.75 Å². The Hall–Kier alpha value is -1.82. The minimum absolute atomic E-state index is 0.0650. The van der Waals surface area contributed by atoms with Gasteiger partial charge < -0.3 is 10.1 Å². The highest BCUT2D eigenvalue weighted by Crippen LogP contribution is 2.30. The van der Waals surface area contributed by atoms with Crippen LogP contribution in [0, 0.1) is 0 Å². The van der Waals surface area contributed by atoms with E-state index in [2.05, 4.69) is 10.3 Å². The van der Waals surface area contributed by atoms with Crippen molar-refractivity contribution in [1.29, 1.82) is 0 Å². The zero-order valence-electron chi connectivity index (χ0n) is 8.88. The summed E-state index contributed by atoms with van der Waals surface area (Å²) in [7, 11) is -3.37. The molecule has 0 saturated carbocycles. The summed E-state index contributed by atoms with van der Waals surface area (Å²) in [5, 5.41) is 3.01. The average Bonchev–Trinajstić information content (AvgIpc) is 2.42. The first-order valence-corrected chi connectivity index (χ1v) is 6.80. The summed E-state index contributed by atoms with van der Waals surface area (Å²) in [5.74, 6) is 0.766. The van der Waals surface area contributed by atoms with Gasteiger partial charge >= 0.3 is 0 Å². The molecule has 0 unspecified atom stereocenters. The normalized spacial score (nSPS) is 20.7. The van der Waals surface area contributed by atoms with Gasteiger partial charge in [-0.1, -0.05) is 6.08 Å².